The van der Waals surface area contributed by atoms with E-state index < -0.39 is 17.0 Å². The number of nitriles is 1. The summed E-state index contributed by atoms with van der Waals surface area (Å²) in [6, 6.07) is 2.33. The number of hydrogen-bond donors (Lipinski definition) is 2. The lowest BCUT2D eigenvalue weighted by molar-refractivity contribution is -0.166. The van der Waals surface area contributed by atoms with Gasteiger partial charge in [-0.15, -0.1) is 0 Å². The molecule has 160 valence electrons. The van der Waals surface area contributed by atoms with Crippen LogP contribution in [0, 0.1) is 34.5 Å². The van der Waals surface area contributed by atoms with E-state index in [-0.39, 0.29) is 18.6 Å². The largest absolute Gasteiger partial charge is 0.481 e. The monoisotopic (exact) mass is 401 g/mol. The number of amidine groups is 1. The van der Waals surface area contributed by atoms with Crippen molar-refractivity contribution in [2.75, 3.05) is 0 Å². The Morgan fingerprint density at radius 1 is 1.21 bits per heavy atom. The van der Waals surface area contributed by atoms with Gasteiger partial charge in [0.1, 0.15) is 11.4 Å². The smallest absolute Gasteiger partial charge is 0.309 e. The molecule has 5 aliphatic carbocycles. The van der Waals surface area contributed by atoms with Crippen LogP contribution in [-0.2, 0) is 9.53 Å². The molecule has 5 saturated carbocycles. The van der Waals surface area contributed by atoms with Crippen LogP contribution in [-0.4, -0.2) is 34.7 Å². The predicted molar refractivity (Wildman–Crippen MR) is 110 cm³/mol. The van der Waals surface area contributed by atoms with E-state index in [4.69, 9.17) is 15.5 Å². The average molecular weight is 402 g/mol. The van der Waals surface area contributed by atoms with E-state index in [0.717, 1.165) is 57.8 Å². The first-order valence-electron chi connectivity index (χ1n) is 11.5. The minimum atomic E-state index is -0.858. The lowest BCUT2D eigenvalue weighted by Gasteiger charge is -2.57. The summed E-state index contributed by atoms with van der Waals surface area (Å²) in [4.78, 5) is 16.9. The molecule has 4 bridgehead atoms. The lowest BCUT2D eigenvalue weighted by atomic mass is 9.48. The third kappa shape index (κ3) is 3.91. The standard InChI is InChI=1S/C23H35N3O3/c1-22(8-9-24,29-18-6-4-2-3-5-7-18)20(25)26-19-16-10-15-11-17(19)14-23(12-15,13-16)21(27)28/h15-19H,2-8,10-14H2,1H3,(H2,25,26)(H,27,28). The second-order valence-electron chi connectivity index (χ2n) is 10.4. The maximum absolute atomic E-state index is 12.0. The minimum Gasteiger partial charge on any atom is -0.481 e. The second kappa shape index (κ2) is 7.91. The molecule has 6 heteroatoms. The highest BCUT2D eigenvalue weighted by Crippen LogP contribution is 2.61. The fourth-order valence-electron chi connectivity index (χ4n) is 6.84. The molecule has 0 aromatic heterocycles. The van der Waals surface area contributed by atoms with Crippen LogP contribution < -0.4 is 5.73 Å². The van der Waals surface area contributed by atoms with Gasteiger partial charge in [0.2, 0.25) is 0 Å². The number of ether oxygens (including phenoxy) is 1. The first kappa shape index (κ1) is 20.7. The Balaban J connectivity index is 1.53. The normalized spacial score (nSPS) is 39.5. The maximum atomic E-state index is 12.0. The summed E-state index contributed by atoms with van der Waals surface area (Å²) in [7, 11) is 0. The Morgan fingerprint density at radius 2 is 1.83 bits per heavy atom. The molecule has 29 heavy (non-hydrogen) atoms. The molecule has 3 N–H and O–H groups in total. The van der Waals surface area contributed by atoms with Crippen LogP contribution in [0.3, 0.4) is 0 Å². The highest BCUT2D eigenvalue weighted by atomic mass is 16.5. The number of aliphatic carboxylic acids is 1. The van der Waals surface area contributed by atoms with E-state index in [1.54, 1.807) is 0 Å². The molecule has 0 aromatic rings. The molecule has 0 aromatic carbocycles. The average Bonchev–Trinajstić information content (AvgIpc) is 2.92. The summed E-state index contributed by atoms with van der Waals surface area (Å²) < 4.78 is 6.44. The molecule has 5 fully saturated rings. The van der Waals surface area contributed by atoms with Gasteiger partial charge in [-0.3, -0.25) is 9.79 Å². The van der Waals surface area contributed by atoms with Crippen LogP contribution in [0.15, 0.2) is 4.99 Å². The molecule has 0 radical (unpaired) electrons. The first-order chi connectivity index (χ1) is 13.8. The van der Waals surface area contributed by atoms with Crippen LogP contribution >= 0.6 is 0 Å². The number of nitrogens with two attached hydrogens (primary N) is 1. The third-order valence-electron chi connectivity index (χ3n) is 8.15. The second-order valence-corrected chi connectivity index (χ2v) is 10.4. The maximum Gasteiger partial charge on any atom is 0.309 e. The molecular formula is C23H35N3O3. The topological polar surface area (TPSA) is 109 Å². The van der Waals surface area contributed by atoms with Crippen molar-refractivity contribution in [3.05, 3.63) is 0 Å². The quantitative estimate of drug-likeness (QED) is 0.397. The Labute approximate surface area is 173 Å². The Kier molecular flexibility index (Phi) is 5.63. The molecule has 0 amide bonds. The zero-order valence-electron chi connectivity index (χ0n) is 17.6. The summed E-state index contributed by atoms with van der Waals surface area (Å²) in [5, 5.41) is 19.3. The van der Waals surface area contributed by atoms with Gasteiger partial charge >= 0.3 is 5.97 Å². The lowest BCUT2D eigenvalue weighted by Crippen LogP contribution is -2.56. The molecule has 3 unspecified atom stereocenters. The van der Waals surface area contributed by atoms with Gasteiger partial charge in [-0.1, -0.05) is 25.7 Å². The molecule has 0 spiro atoms. The number of aliphatic imine (C=N–C) groups is 1. The van der Waals surface area contributed by atoms with Crippen molar-refractivity contribution >= 4 is 11.8 Å². The number of hydrogen-bond acceptors (Lipinski definition) is 4. The number of nitrogens with zero attached hydrogens (tertiary/aromatic N) is 2. The van der Waals surface area contributed by atoms with Crippen molar-refractivity contribution < 1.29 is 14.6 Å². The Hall–Kier alpha value is -1.61. The van der Waals surface area contributed by atoms with Gasteiger partial charge in [-0.05, 0) is 69.6 Å². The number of carbonyl (C=O) groups is 1. The van der Waals surface area contributed by atoms with Crippen molar-refractivity contribution in [3.63, 3.8) is 0 Å². The molecule has 5 rings (SSSR count). The van der Waals surface area contributed by atoms with Crippen molar-refractivity contribution in [1.29, 1.82) is 5.26 Å². The van der Waals surface area contributed by atoms with E-state index in [1.165, 1.54) is 12.8 Å². The van der Waals surface area contributed by atoms with Crippen molar-refractivity contribution in [1.82, 2.24) is 0 Å². The number of carboxylic acids is 1. The first-order valence-corrected chi connectivity index (χ1v) is 11.5. The molecule has 3 atom stereocenters. The van der Waals surface area contributed by atoms with E-state index in [0.29, 0.717) is 23.6 Å². The highest BCUT2D eigenvalue weighted by Gasteiger charge is 2.59. The fraction of sp³-hybridized carbons (Fsp3) is 0.870. The van der Waals surface area contributed by atoms with E-state index >= 15 is 0 Å². The van der Waals surface area contributed by atoms with Crippen molar-refractivity contribution in [3.8, 4) is 6.07 Å². The zero-order chi connectivity index (χ0) is 20.6. The molecular weight excluding hydrogens is 366 g/mol. The van der Waals surface area contributed by atoms with Gasteiger partial charge in [-0.2, -0.15) is 5.26 Å². The van der Waals surface area contributed by atoms with Gasteiger partial charge in [0.15, 0.2) is 0 Å². The number of carboxylic acid groups (broad SMARTS) is 1. The Bertz CT molecular complexity index is 691. The van der Waals surface area contributed by atoms with Crippen LogP contribution in [0.2, 0.25) is 0 Å². The van der Waals surface area contributed by atoms with E-state index in [9.17, 15) is 15.2 Å². The van der Waals surface area contributed by atoms with Gasteiger partial charge < -0.3 is 15.6 Å². The minimum absolute atomic E-state index is 0.0785. The van der Waals surface area contributed by atoms with Gasteiger partial charge in [0.05, 0.1) is 30.1 Å². The summed E-state index contributed by atoms with van der Waals surface area (Å²) in [6.07, 6.45) is 11.6. The van der Waals surface area contributed by atoms with E-state index in [1.807, 2.05) is 6.92 Å². The summed E-state index contributed by atoms with van der Waals surface area (Å²) >= 11 is 0. The van der Waals surface area contributed by atoms with Crippen molar-refractivity contribution in [2.24, 2.45) is 33.9 Å². The molecule has 0 aliphatic heterocycles. The zero-order valence-corrected chi connectivity index (χ0v) is 17.6. The van der Waals surface area contributed by atoms with Gasteiger partial charge in [-0.25, -0.2) is 0 Å². The highest BCUT2D eigenvalue weighted by molar-refractivity contribution is 5.89. The third-order valence-corrected chi connectivity index (χ3v) is 8.15. The molecule has 5 aliphatic rings. The Morgan fingerprint density at radius 3 is 2.38 bits per heavy atom. The van der Waals surface area contributed by atoms with E-state index in [2.05, 4.69) is 6.07 Å². The summed E-state index contributed by atoms with van der Waals surface area (Å²) in [5.74, 6) is 0.910. The van der Waals surface area contributed by atoms with Gasteiger partial charge in [0.25, 0.3) is 0 Å². The predicted octanol–water partition coefficient (Wildman–Crippen LogP) is 4.03. The van der Waals surface area contributed by atoms with Gasteiger partial charge in [0, 0.05) is 0 Å². The van der Waals surface area contributed by atoms with Crippen LogP contribution in [0.5, 0.6) is 0 Å². The van der Waals surface area contributed by atoms with Crippen molar-refractivity contribution in [2.45, 2.75) is 102 Å². The summed E-state index contributed by atoms with van der Waals surface area (Å²) in [5.41, 5.74) is 5.13. The number of rotatable bonds is 6. The van der Waals surface area contributed by atoms with Crippen LogP contribution in [0.4, 0.5) is 0 Å². The SMILES string of the molecule is CC(CC#N)(OC1CCCCCC1)C(N)=NC1C2CC3CC1CC(C(=O)O)(C3)C2. The molecule has 0 saturated heterocycles. The van der Waals surface area contributed by atoms with Crippen LogP contribution in [0.1, 0.15) is 84.0 Å². The fourth-order valence-corrected chi connectivity index (χ4v) is 6.84. The summed E-state index contributed by atoms with van der Waals surface area (Å²) in [6.45, 7) is 1.91. The molecule has 6 nitrogen and oxygen atoms in total. The van der Waals surface area contributed by atoms with Crippen LogP contribution in [0.25, 0.3) is 0 Å². The molecule has 0 heterocycles.